The van der Waals surface area contributed by atoms with Crippen molar-refractivity contribution in [2.24, 2.45) is 0 Å². The lowest BCUT2D eigenvalue weighted by molar-refractivity contribution is -0.144. The fourth-order valence-corrected chi connectivity index (χ4v) is 2.43. The van der Waals surface area contributed by atoms with Crippen LogP contribution < -0.4 is 5.32 Å². The van der Waals surface area contributed by atoms with E-state index < -0.39 is 11.5 Å². The van der Waals surface area contributed by atoms with E-state index in [4.69, 9.17) is 0 Å². The summed E-state index contributed by atoms with van der Waals surface area (Å²) >= 11 is 0. The van der Waals surface area contributed by atoms with Gasteiger partial charge in [-0.15, -0.1) is 0 Å². The molecule has 0 aromatic rings. The predicted molar refractivity (Wildman–Crippen MR) is 68.2 cm³/mol. The number of aliphatic carboxylic acids is 1. The van der Waals surface area contributed by atoms with Gasteiger partial charge in [-0.25, -0.2) is 0 Å². The number of carbonyl (C=O) groups is 1. The summed E-state index contributed by atoms with van der Waals surface area (Å²) in [4.78, 5) is 15.7. The summed E-state index contributed by atoms with van der Waals surface area (Å²) in [6.07, 6.45) is 2.46. The molecule has 5 heteroatoms. The first-order chi connectivity index (χ1) is 7.89. The normalized spacial score (nSPS) is 25.1. The highest BCUT2D eigenvalue weighted by Gasteiger charge is 2.33. The third-order valence-electron chi connectivity index (χ3n) is 3.80. The maximum atomic E-state index is 11.2. The summed E-state index contributed by atoms with van der Waals surface area (Å²) in [6.45, 7) is 4.33. The van der Waals surface area contributed by atoms with Crippen LogP contribution in [0.25, 0.3) is 0 Å². The van der Waals surface area contributed by atoms with Crippen LogP contribution in [0.4, 0.5) is 0 Å². The molecule has 2 unspecified atom stereocenters. The molecule has 5 nitrogen and oxygen atoms in total. The molecule has 0 radical (unpaired) electrons. The van der Waals surface area contributed by atoms with Crippen molar-refractivity contribution in [3.63, 3.8) is 0 Å². The van der Waals surface area contributed by atoms with Crippen LogP contribution in [0.5, 0.6) is 0 Å². The van der Waals surface area contributed by atoms with Gasteiger partial charge in [0.15, 0.2) is 0 Å². The smallest absolute Gasteiger partial charge is 0.324 e. The van der Waals surface area contributed by atoms with Crippen LogP contribution in [-0.2, 0) is 4.79 Å². The molecule has 0 bridgehead atoms. The number of hydrogen-bond donors (Lipinski definition) is 2. The molecule has 0 spiro atoms. The second-order valence-electron chi connectivity index (χ2n) is 5.36. The summed E-state index contributed by atoms with van der Waals surface area (Å²) in [5.74, 6) is -0.799. The summed E-state index contributed by atoms with van der Waals surface area (Å²) in [5, 5.41) is 12.1. The Balaban J connectivity index is 2.48. The summed E-state index contributed by atoms with van der Waals surface area (Å²) < 4.78 is 0. The van der Waals surface area contributed by atoms with E-state index in [0.717, 1.165) is 13.1 Å². The van der Waals surface area contributed by atoms with Gasteiger partial charge < -0.3 is 20.2 Å². The molecule has 1 aliphatic heterocycles. The molecule has 0 aliphatic carbocycles. The van der Waals surface area contributed by atoms with E-state index in [-0.39, 0.29) is 0 Å². The van der Waals surface area contributed by atoms with Gasteiger partial charge in [-0.2, -0.15) is 0 Å². The minimum atomic E-state index is -0.869. The Morgan fingerprint density at radius 1 is 1.65 bits per heavy atom. The Morgan fingerprint density at radius 2 is 2.29 bits per heavy atom. The predicted octanol–water partition coefficient (Wildman–Crippen LogP) is 0.0751. The Bertz CT molecular complexity index is 272. The fraction of sp³-hybridized carbons (Fsp3) is 0.917. The molecule has 17 heavy (non-hydrogen) atoms. The van der Waals surface area contributed by atoms with Gasteiger partial charge in [0.1, 0.15) is 5.54 Å². The van der Waals surface area contributed by atoms with Crippen molar-refractivity contribution in [2.75, 3.05) is 40.8 Å². The van der Waals surface area contributed by atoms with Gasteiger partial charge in [0.2, 0.25) is 0 Å². The van der Waals surface area contributed by atoms with Crippen molar-refractivity contribution in [3.8, 4) is 0 Å². The van der Waals surface area contributed by atoms with Crippen LogP contribution in [0.15, 0.2) is 0 Å². The molecule has 0 aromatic carbocycles. The number of likely N-dealkylation sites (N-methyl/N-ethyl adjacent to an activating group) is 3. The Kier molecular flexibility index (Phi) is 4.91. The van der Waals surface area contributed by atoms with Crippen molar-refractivity contribution in [2.45, 2.75) is 31.3 Å². The maximum absolute atomic E-state index is 11.2. The summed E-state index contributed by atoms with van der Waals surface area (Å²) in [7, 11) is 5.83. The second kappa shape index (κ2) is 5.80. The second-order valence-corrected chi connectivity index (χ2v) is 5.36. The Hall–Kier alpha value is -0.650. The highest BCUT2D eigenvalue weighted by molar-refractivity contribution is 5.78. The highest BCUT2D eigenvalue weighted by atomic mass is 16.4. The van der Waals surface area contributed by atoms with Crippen LogP contribution in [0.3, 0.4) is 0 Å². The number of likely N-dealkylation sites (tertiary alicyclic amines) is 1. The number of carboxylic acid groups (broad SMARTS) is 1. The lowest BCUT2D eigenvalue weighted by Gasteiger charge is -2.32. The SMILES string of the molecule is CNC(C)(CN(C)CC1CCCN1C)C(=O)O. The van der Waals surface area contributed by atoms with E-state index in [2.05, 4.69) is 22.2 Å². The van der Waals surface area contributed by atoms with E-state index in [1.54, 1.807) is 14.0 Å². The highest BCUT2D eigenvalue weighted by Crippen LogP contribution is 2.16. The van der Waals surface area contributed by atoms with Gasteiger partial charge in [-0.3, -0.25) is 4.79 Å². The summed E-state index contributed by atoms with van der Waals surface area (Å²) in [5.41, 5.74) is -0.869. The van der Waals surface area contributed by atoms with Crippen LogP contribution >= 0.6 is 0 Å². The number of nitrogens with one attached hydrogen (secondary N) is 1. The fourth-order valence-electron chi connectivity index (χ4n) is 2.43. The molecule has 1 fully saturated rings. The molecule has 100 valence electrons. The third kappa shape index (κ3) is 3.66. The van der Waals surface area contributed by atoms with Gasteiger partial charge in [-0.05, 0) is 47.5 Å². The average molecular weight is 243 g/mol. The van der Waals surface area contributed by atoms with Crippen molar-refractivity contribution in [3.05, 3.63) is 0 Å². The molecular weight excluding hydrogens is 218 g/mol. The van der Waals surface area contributed by atoms with E-state index in [1.807, 2.05) is 7.05 Å². The van der Waals surface area contributed by atoms with Crippen molar-refractivity contribution >= 4 is 5.97 Å². The van der Waals surface area contributed by atoms with Crippen LogP contribution in [-0.4, -0.2) is 73.2 Å². The monoisotopic (exact) mass is 243 g/mol. The zero-order valence-electron chi connectivity index (χ0n) is 11.4. The third-order valence-corrected chi connectivity index (χ3v) is 3.80. The zero-order valence-corrected chi connectivity index (χ0v) is 11.4. The van der Waals surface area contributed by atoms with Gasteiger partial charge >= 0.3 is 5.97 Å². The first kappa shape index (κ1) is 14.4. The van der Waals surface area contributed by atoms with Gasteiger partial charge in [0.05, 0.1) is 0 Å². The largest absolute Gasteiger partial charge is 0.480 e. The Morgan fingerprint density at radius 3 is 2.71 bits per heavy atom. The van der Waals surface area contributed by atoms with Crippen LogP contribution in [0, 0.1) is 0 Å². The van der Waals surface area contributed by atoms with Crippen molar-refractivity contribution in [1.29, 1.82) is 0 Å². The van der Waals surface area contributed by atoms with Crippen molar-refractivity contribution in [1.82, 2.24) is 15.1 Å². The molecular formula is C12H25N3O2. The molecule has 0 aromatic heterocycles. The molecule has 0 amide bonds. The summed E-state index contributed by atoms with van der Waals surface area (Å²) in [6, 6.07) is 0.565. The molecule has 1 rings (SSSR count). The van der Waals surface area contributed by atoms with Crippen LogP contribution in [0.2, 0.25) is 0 Å². The lowest BCUT2D eigenvalue weighted by Crippen LogP contribution is -2.56. The van der Waals surface area contributed by atoms with E-state index >= 15 is 0 Å². The molecule has 2 N–H and O–H groups in total. The van der Waals surface area contributed by atoms with Gasteiger partial charge in [0, 0.05) is 19.1 Å². The lowest BCUT2D eigenvalue weighted by atomic mass is 10.0. The first-order valence-electron chi connectivity index (χ1n) is 6.20. The minimum absolute atomic E-state index is 0.517. The molecule has 1 heterocycles. The van der Waals surface area contributed by atoms with E-state index in [1.165, 1.54) is 12.8 Å². The molecule has 2 atom stereocenters. The minimum Gasteiger partial charge on any atom is -0.480 e. The average Bonchev–Trinajstić information content (AvgIpc) is 2.63. The van der Waals surface area contributed by atoms with Crippen LogP contribution in [0.1, 0.15) is 19.8 Å². The number of hydrogen-bond acceptors (Lipinski definition) is 4. The number of carboxylic acids is 1. The first-order valence-corrected chi connectivity index (χ1v) is 6.20. The molecule has 1 saturated heterocycles. The molecule has 0 saturated carbocycles. The zero-order chi connectivity index (χ0) is 13.1. The van der Waals surface area contributed by atoms with E-state index in [0.29, 0.717) is 12.6 Å². The van der Waals surface area contributed by atoms with Gasteiger partial charge in [-0.1, -0.05) is 0 Å². The standard InChI is InChI=1S/C12H25N3O2/c1-12(13-2,11(16)17)9-14(3)8-10-6-5-7-15(10)4/h10,13H,5-9H2,1-4H3,(H,16,17). The quantitative estimate of drug-likeness (QED) is 0.692. The van der Waals surface area contributed by atoms with Gasteiger partial charge in [0.25, 0.3) is 0 Å². The topological polar surface area (TPSA) is 55.8 Å². The maximum Gasteiger partial charge on any atom is 0.324 e. The number of nitrogens with zero attached hydrogens (tertiary/aromatic N) is 2. The Labute approximate surface area is 104 Å². The van der Waals surface area contributed by atoms with Crippen molar-refractivity contribution < 1.29 is 9.90 Å². The molecule has 1 aliphatic rings. The number of rotatable bonds is 6. The van der Waals surface area contributed by atoms with E-state index in [9.17, 15) is 9.90 Å².